The third-order valence-electron chi connectivity index (χ3n) is 3.06. The molecular formula is C17H16F2O2. The van der Waals surface area contributed by atoms with E-state index in [1.807, 2.05) is 6.92 Å². The number of benzene rings is 2. The summed E-state index contributed by atoms with van der Waals surface area (Å²) in [7, 11) is 0. The van der Waals surface area contributed by atoms with Crippen LogP contribution in [-0.4, -0.2) is 12.4 Å². The molecule has 2 aromatic carbocycles. The topological polar surface area (TPSA) is 26.3 Å². The monoisotopic (exact) mass is 290 g/mol. The fraction of sp³-hybridized carbons (Fsp3) is 0.235. The molecule has 21 heavy (non-hydrogen) atoms. The molecule has 0 aromatic heterocycles. The molecule has 110 valence electrons. The highest BCUT2D eigenvalue weighted by Gasteiger charge is 2.16. The number of aryl methyl sites for hydroxylation is 1. The lowest BCUT2D eigenvalue weighted by atomic mass is 10.0. The largest absolute Gasteiger partial charge is 0.494 e. The fourth-order valence-corrected chi connectivity index (χ4v) is 1.93. The zero-order chi connectivity index (χ0) is 15.4. The van der Waals surface area contributed by atoms with E-state index in [2.05, 4.69) is 0 Å². The Morgan fingerprint density at radius 2 is 1.90 bits per heavy atom. The van der Waals surface area contributed by atoms with Crippen LogP contribution in [0.4, 0.5) is 8.78 Å². The Hall–Kier alpha value is -2.23. The molecule has 4 heteroatoms. The number of rotatable bonds is 5. The van der Waals surface area contributed by atoms with Crippen molar-refractivity contribution in [2.45, 2.75) is 20.3 Å². The Labute approximate surface area is 122 Å². The standard InChI is InChI=1S/C17H16F2O2/c1-3-7-21-13-6-4-5-12(9-13)17(20)14-8-11(2)15(18)10-16(14)19/h4-6,8-10H,3,7H2,1-2H3. The van der Waals surface area contributed by atoms with Gasteiger partial charge in [0, 0.05) is 11.6 Å². The average molecular weight is 290 g/mol. The lowest BCUT2D eigenvalue weighted by Gasteiger charge is -2.08. The second kappa shape index (κ2) is 6.48. The lowest BCUT2D eigenvalue weighted by molar-refractivity contribution is 0.103. The Morgan fingerprint density at radius 3 is 2.62 bits per heavy atom. The Morgan fingerprint density at radius 1 is 1.14 bits per heavy atom. The Kier molecular flexibility index (Phi) is 4.68. The normalized spacial score (nSPS) is 10.5. The van der Waals surface area contributed by atoms with Crippen molar-refractivity contribution in [3.8, 4) is 5.75 Å². The van der Waals surface area contributed by atoms with Crippen LogP contribution in [0.15, 0.2) is 36.4 Å². The number of ketones is 1. The van der Waals surface area contributed by atoms with E-state index in [1.165, 1.54) is 13.0 Å². The van der Waals surface area contributed by atoms with Crippen LogP contribution in [0.5, 0.6) is 5.75 Å². The molecule has 0 saturated carbocycles. The Balaban J connectivity index is 2.34. The van der Waals surface area contributed by atoms with Crippen LogP contribution in [0.25, 0.3) is 0 Å². The molecule has 0 fully saturated rings. The van der Waals surface area contributed by atoms with E-state index in [0.29, 0.717) is 17.9 Å². The fourth-order valence-electron chi connectivity index (χ4n) is 1.93. The quantitative estimate of drug-likeness (QED) is 0.768. The van der Waals surface area contributed by atoms with E-state index >= 15 is 0 Å². The molecule has 0 atom stereocenters. The molecular weight excluding hydrogens is 274 g/mol. The molecule has 0 amide bonds. The molecule has 2 aromatic rings. The van der Waals surface area contributed by atoms with E-state index in [-0.39, 0.29) is 11.1 Å². The summed E-state index contributed by atoms with van der Waals surface area (Å²) >= 11 is 0. The highest BCUT2D eigenvalue weighted by atomic mass is 19.1. The second-order valence-corrected chi connectivity index (χ2v) is 4.79. The van der Waals surface area contributed by atoms with Crippen LogP contribution in [0, 0.1) is 18.6 Å². The molecule has 0 aliphatic rings. The minimum Gasteiger partial charge on any atom is -0.494 e. The maximum atomic E-state index is 13.8. The van der Waals surface area contributed by atoms with Gasteiger partial charge in [0.2, 0.25) is 0 Å². The minimum absolute atomic E-state index is 0.137. The van der Waals surface area contributed by atoms with Gasteiger partial charge in [-0.05, 0) is 37.1 Å². The van der Waals surface area contributed by atoms with Crippen LogP contribution in [-0.2, 0) is 0 Å². The van der Waals surface area contributed by atoms with Gasteiger partial charge in [0.15, 0.2) is 5.78 Å². The van der Waals surface area contributed by atoms with Gasteiger partial charge in [0.1, 0.15) is 17.4 Å². The van der Waals surface area contributed by atoms with Crippen molar-refractivity contribution < 1.29 is 18.3 Å². The number of hydrogen-bond acceptors (Lipinski definition) is 2. The smallest absolute Gasteiger partial charge is 0.196 e. The SMILES string of the molecule is CCCOc1cccc(C(=O)c2cc(C)c(F)cc2F)c1. The summed E-state index contributed by atoms with van der Waals surface area (Å²) in [6.07, 6.45) is 0.851. The van der Waals surface area contributed by atoms with Crippen molar-refractivity contribution in [3.05, 3.63) is 64.7 Å². The molecule has 0 N–H and O–H groups in total. The summed E-state index contributed by atoms with van der Waals surface area (Å²) in [5.74, 6) is -1.45. The van der Waals surface area contributed by atoms with Crippen molar-refractivity contribution >= 4 is 5.78 Å². The van der Waals surface area contributed by atoms with Crippen LogP contribution < -0.4 is 4.74 Å². The summed E-state index contributed by atoms with van der Waals surface area (Å²) in [6, 6.07) is 8.52. The Bertz CT molecular complexity index is 666. The zero-order valence-corrected chi connectivity index (χ0v) is 12.0. The van der Waals surface area contributed by atoms with Crippen LogP contribution >= 0.6 is 0 Å². The van der Waals surface area contributed by atoms with E-state index in [9.17, 15) is 13.6 Å². The number of hydrogen-bond donors (Lipinski definition) is 0. The minimum atomic E-state index is -0.858. The van der Waals surface area contributed by atoms with E-state index in [4.69, 9.17) is 4.74 Å². The molecule has 0 aliphatic carbocycles. The van der Waals surface area contributed by atoms with Gasteiger partial charge in [-0.2, -0.15) is 0 Å². The zero-order valence-electron chi connectivity index (χ0n) is 12.0. The van der Waals surface area contributed by atoms with Crippen molar-refractivity contribution in [2.24, 2.45) is 0 Å². The van der Waals surface area contributed by atoms with Gasteiger partial charge in [-0.1, -0.05) is 19.1 Å². The van der Waals surface area contributed by atoms with Gasteiger partial charge >= 0.3 is 0 Å². The number of halogens is 2. The van der Waals surface area contributed by atoms with E-state index < -0.39 is 17.4 Å². The molecule has 2 rings (SSSR count). The molecule has 0 aliphatic heterocycles. The first-order chi connectivity index (χ1) is 10.0. The third-order valence-corrected chi connectivity index (χ3v) is 3.06. The predicted octanol–water partition coefficient (Wildman–Crippen LogP) is 4.29. The molecule has 0 radical (unpaired) electrons. The van der Waals surface area contributed by atoms with Crippen LogP contribution in [0.3, 0.4) is 0 Å². The summed E-state index contributed by atoms with van der Waals surface area (Å²) in [5.41, 5.74) is 0.410. The number of carbonyl (C=O) groups is 1. The van der Waals surface area contributed by atoms with Gasteiger partial charge in [-0.25, -0.2) is 8.78 Å². The number of carbonyl (C=O) groups excluding carboxylic acids is 1. The van der Waals surface area contributed by atoms with E-state index in [0.717, 1.165) is 12.5 Å². The molecule has 0 heterocycles. The van der Waals surface area contributed by atoms with Crippen molar-refractivity contribution in [2.75, 3.05) is 6.61 Å². The van der Waals surface area contributed by atoms with E-state index in [1.54, 1.807) is 24.3 Å². The van der Waals surface area contributed by atoms with Gasteiger partial charge in [-0.15, -0.1) is 0 Å². The second-order valence-electron chi connectivity index (χ2n) is 4.79. The molecule has 0 unspecified atom stereocenters. The third kappa shape index (κ3) is 3.45. The van der Waals surface area contributed by atoms with Gasteiger partial charge < -0.3 is 4.74 Å². The average Bonchev–Trinajstić information content (AvgIpc) is 2.48. The first-order valence-corrected chi connectivity index (χ1v) is 6.76. The predicted molar refractivity (Wildman–Crippen MR) is 76.8 cm³/mol. The number of ether oxygens (including phenoxy) is 1. The summed E-state index contributed by atoms with van der Waals surface area (Å²) < 4.78 is 32.5. The van der Waals surface area contributed by atoms with Gasteiger partial charge in [0.25, 0.3) is 0 Å². The van der Waals surface area contributed by atoms with Gasteiger partial charge in [-0.3, -0.25) is 4.79 Å². The maximum Gasteiger partial charge on any atom is 0.196 e. The molecule has 0 spiro atoms. The van der Waals surface area contributed by atoms with Crippen LogP contribution in [0.1, 0.15) is 34.8 Å². The maximum absolute atomic E-state index is 13.8. The van der Waals surface area contributed by atoms with Crippen molar-refractivity contribution in [1.29, 1.82) is 0 Å². The summed E-state index contributed by atoms with van der Waals surface area (Å²) in [4.78, 5) is 12.3. The summed E-state index contributed by atoms with van der Waals surface area (Å²) in [6.45, 7) is 4.01. The van der Waals surface area contributed by atoms with Crippen LogP contribution in [0.2, 0.25) is 0 Å². The van der Waals surface area contributed by atoms with Crippen molar-refractivity contribution in [1.82, 2.24) is 0 Å². The highest BCUT2D eigenvalue weighted by molar-refractivity contribution is 6.09. The molecule has 2 nitrogen and oxygen atoms in total. The highest BCUT2D eigenvalue weighted by Crippen LogP contribution is 2.20. The first kappa shape index (κ1) is 15.2. The summed E-state index contributed by atoms with van der Waals surface area (Å²) in [5, 5.41) is 0. The van der Waals surface area contributed by atoms with Crippen molar-refractivity contribution in [3.63, 3.8) is 0 Å². The molecule has 0 saturated heterocycles. The lowest BCUT2D eigenvalue weighted by Crippen LogP contribution is -2.06. The van der Waals surface area contributed by atoms with Gasteiger partial charge in [0.05, 0.1) is 12.2 Å². The molecule has 0 bridgehead atoms. The first-order valence-electron chi connectivity index (χ1n) is 6.76.